The fourth-order valence-corrected chi connectivity index (χ4v) is 2.66. The van der Waals surface area contributed by atoms with Gasteiger partial charge in [-0.1, -0.05) is 30.3 Å². The number of carbonyl (C=O) groups is 1. The smallest absolute Gasteiger partial charge is 0.251 e. The van der Waals surface area contributed by atoms with Crippen LogP contribution < -0.4 is 14.8 Å². The van der Waals surface area contributed by atoms with Gasteiger partial charge in [-0.05, 0) is 40.5 Å². The molecule has 5 nitrogen and oxygen atoms in total. The van der Waals surface area contributed by atoms with Crippen LogP contribution in [0.5, 0.6) is 11.5 Å². The summed E-state index contributed by atoms with van der Waals surface area (Å²) in [5.41, 5.74) is 1.47. The summed E-state index contributed by atoms with van der Waals surface area (Å²) in [5, 5.41) is 11.4. The summed E-state index contributed by atoms with van der Waals surface area (Å²) in [6, 6.07) is 13.1. The lowest BCUT2D eigenvalue weighted by atomic mass is 10.2. The predicted molar refractivity (Wildman–Crippen MR) is 95.5 cm³/mol. The number of hydrogen-bond donors (Lipinski definition) is 2. The van der Waals surface area contributed by atoms with Crippen molar-refractivity contribution in [3.05, 3.63) is 58.1 Å². The van der Waals surface area contributed by atoms with Crippen LogP contribution in [0, 0.1) is 0 Å². The van der Waals surface area contributed by atoms with Crippen LogP contribution in [0.1, 0.15) is 22.8 Å². The molecule has 2 rings (SSSR count). The van der Waals surface area contributed by atoms with Gasteiger partial charge >= 0.3 is 0 Å². The quantitative estimate of drug-likeness (QED) is 0.722. The van der Waals surface area contributed by atoms with Crippen molar-refractivity contribution in [3.63, 3.8) is 0 Å². The van der Waals surface area contributed by atoms with Crippen LogP contribution in [-0.2, 0) is 6.61 Å². The van der Waals surface area contributed by atoms with Gasteiger partial charge in [0.25, 0.3) is 5.91 Å². The van der Waals surface area contributed by atoms with Gasteiger partial charge in [-0.3, -0.25) is 4.79 Å². The Morgan fingerprint density at radius 3 is 2.62 bits per heavy atom. The lowest BCUT2D eigenvalue weighted by Gasteiger charge is -2.15. The zero-order valence-corrected chi connectivity index (χ0v) is 15.0. The fraction of sp³-hybridized carbons (Fsp3) is 0.278. The molecule has 0 saturated carbocycles. The zero-order valence-electron chi connectivity index (χ0n) is 13.4. The van der Waals surface area contributed by atoms with Crippen molar-refractivity contribution in [2.75, 3.05) is 19.8 Å². The summed E-state index contributed by atoms with van der Waals surface area (Å²) < 4.78 is 12.1. The van der Waals surface area contributed by atoms with Crippen molar-refractivity contribution in [2.24, 2.45) is 0 Å². The lowest BCUT2D eigenvalue weighted by molar-refractivity contribution is 0.0944. The monoisotopic (exact) mass is 393 g/mol. The Kier molecular flexibility index (Phi) is 7.08. The number of halogens is 1. The molecular weight excluding hydrogens is 374 g/mol. The van der Waals surface area contributed by atoms with E-state index in [1.54, 1.807) is 12.1 Å². The molecule has 0 aliphatic rings. The number of aliphatic hydroxyl groups is 1. The number of ether oxygens (including phenoxy) is 2. The first-order chi connectivity index (χ1) is 11.7. The van der Waals surface area contributed by atoms with Gasteiger partial charge in [-0.25, -0.2) is 0 Å². The Morgan fingerprint density at radius 2 is 1.96 bits per heavy atom. The highest BCUT2D eigenvalue weighted by molar-refractivity contribution is 9.10. The Balaban J connectivity index is 2.21. The first-order valence-corrected chi connectivity index (χ1v) is 8.47. The molecule has 2 N–H and O–H groups in total. The number of hydrogen-bond acceptors (Lipinski definition) is 4. The van der Waals surface area contributed by atoms with Gasteiger partial charge < -0.3 is 19.9 Å². The number of aliphatic hydroxyl groups excluding tert-OH is 1. The molecule has 24 heavy (non-hydrogen) atoms. The molecule has 6 heteroatoms. The maximum Gasteiger partial charge on any atom is 0.251 e. The van der Waals surface area contributed by atoms with E-state index >= 15 is 0 Å². The van der Waals surface area contributed by atoms with E-state index in [0.29, 0.717) is 34.7 Å². The first kappa shape index (κ1) is 18.3. The molecule has 1 amide bonds. The third-order valence-corrected chi connectivity index (χ3v) is 3.78. The van der Waals surface area contributed by atoms with Crippen LogP contribution in [0.4, 0.5) is 0 Å². The molecule has 0 atom stereocenters. The topological polar surface area (TPSA) is 67.8 Å². The zero-order chi connectivity index (χ0) is 17.4. The Hall–Kier alpha value is -2.05. The summed E-state index contributed by atoms with van der Waals surface area (Å²) in [7, 11) is 0. The fourth-order valence-electron chi connectivity index (χ4n) is 2.10. The average Bonchev–Trinajstić information content (AvgIpc) is 2.60. The van der Waals surface area contributed by atoms with Crippen LogP contribution in [0.25, 0.3) is 0 Å². The second-order valence-corrected chi connectivity index (χ2v) is 5.83. The standard InChI is InChI=1S/C18H20BrNO4/c1-2-23-16-11-14(18(22)20-8-9-21)10-15(19)17(16)24-12-13-6-4-3-5-7-13/h3-7,10-11,21H,2,8-9,12H2,1H3,(H,20,22). The van der Waals surface area contributed by atoms with Crippen molar-refractivity contribution < 1.29 is 19.4 Å². The summed E-state index contributed by atoms with van der Waals surface area (Å²) in [6.45, 7) is 2.81. The largest absolute Gasteiger partial charge is 0.490 e. The minimum Gasteiger partial charge on any atom is -0.490 e. The third-order valence-electron chi connectivity index (χ3n) is 3.19. The molecule has 0 aliphatic carbocycles. The van der Waals surface area contributed by atoms with Gasteiger partial charge in [0.05, 0.1) is 17.7 Å². The van der Waals surface area contributed by atoms with Crippen LogP contribution in [0.2, 0.25) is 0 Å². The molecule has 0 heterocycles. The maximum atomic E-state index is 12.1. The highest BCUT2D eigenvalue weighted by Crippen LogP contribution is 2.37. The number of nitrogens with one attached hydrogen (secondary N) is 1. The van der Waals surface area contributed by atoms with Crippen molar-refractivity contribution in [2.45, 2.75) is 13.5 Å². The van der Waals surface area contributed by atoms with Crippen LogP contribution >= 0.6 is 15.9 Å². The SMILES string of the molecule is CCOc1cc(C(=O)NCCO)cc(Br)c1OCc1ccccc1. The molecule has 0 spiro atoms. The third kappa shape index (κ3) is 4.97. The molecule has 128 valence electrons. The van der Waals surface area contributed by atoms with Gasteiger partial charge in [0.2, 0.25) is 0 Å². The number of carbonyl (C=O) groups excluding carboxylic acids is 1. The molecule has 0 aliphatic heterocycles. The number of benzene rings is 2. The maximum absolute atomic E-state index is 12.1. The van der Waals surface area contributed by atoms with Crippen molar-refractivity contribution in [1.82, 2.24) is 5.32 Å². The van der Waals surface area contributed by atoms with Crippen molar-refractivity contribution >= 4 is 21.8 Å². The molecule has 2 aromatic carbocycles. The van der Waals surface area contributed by atoms with E-state index in [4.69, 9.17) is 14.6 Å². The van der Waals surface area contributed by atoms with E-state index in [9.17, 15) is 4.79 Å². The molecule has 0 aromatic heterocycles. The van der Waals surface area contributed by atoms with E-state index in [2.05, 4.69) is 21.2 Å². The number of rotatable bonds is 8. The van der Waals surface area contributed by atoms with Gasteiger partial charge in [0.15, 0.2) is 11.5 Å². The molecular formula is C18H20BrNO4. The lowest BCUT2D eigenvalue weighted by Crippen LogP contribution is -2.26. The Morgan fingerprint density at radius 1 is 1.21 bits per heavy atom. The molecule has 0 fully saturated rings. The highest BCUT2D eigenvalue weighted by atomic mass is 79.9. The highest BCUT2D eigenvalue weighted by Gasteiger charge is 2.16. The van der Waals surface area contributed by atoms with Crippen LogP contribution in [-0.4, -0.2) is 30.8 Å². The average molecular weight is 394 g/mol. The minimum atomic E-state index is -0.277. The van der Waals surface area contributed by atoms with Gasteiger partial charge in [-0.2, -0.15) is 0 Å². The Labute approximate surface area is 149 Å². The van der Waals surface area contributed by atoms with Gasteiger partial charge in [-0.15, -0.1) is 0 Å². The minimum absolute atomic E-state index is 0.108. The molecule has 0 bridgehead atoms. The molecule has 0 saturated heterocycles. The van der Waals surface area contributed by atoms with Crippen molar-refractivity contribution in [1.29, 1.82) is 0 Å². The van der Waals surface area contributed by atoms with E-state index in [0.717, 1.165) is 5.56 Å². The summed E-state index contributed by atoms with van der Waals surface area (Å²) in [4.78, 5) is 12.1. The molecule has 0 unspecified atom stereocenters. The van der Waals surface area contributed by atoms with E-state index in [1.165, 1.54) is 0 Å². The van der Waals surface area contributed by atoms with E-state index in [1.807, 2.05) is 37.3 Å². The first-order valence-electron chi connectivity index (χ1n) is 7.67. The number of amides is 1. The summed E-state index contributed by atoms with van der Waals surface area (Å²) in [5.74, 6) is 0.775. The summed E-state index contributed by atoms with van der Waals surface area (Å²) in [6.07, 6.45) is 0. The Bertz CT molecular complexity index is 676. The second-order valence-electron chi connectivity index (χ2n) is 4.97. The summed E-state index contributed by atoms with van der Waals surface area (Å²) >= 11 is 3.44. The molecule has 2 aromatic rings. The molecule has 0 radical (unpaired) electrons. The van der Waals surface area contributed by atoms with Gasteiger partial charge in [0, 0.05) is 12.1 Å². The van der Waals surface area contributed by atoms with Crippen LogP contribution in [0.15, 0.2) is 46.9 Å². The van der Waals surface area contributed by atoms with Crippen molar-refractivity contribution in [3.8, 4) is 11.5 Å². The van der Waals surface area contributed by atoms with E-state index in [-0.39, 0.29) is 19.1 Å². The van der Waals surface area contributed by atoms with Crippen LogP contribution in [0.3, 0.4) is 0 Å². The second kappa shape index (κ2) is 9.30. The normalized spacial score (nSPS) is 10.3. The van der Waals surface area contributed by atoms with Gasteiger partial charge in [0.1, 0.15) is 6.61 Å². The van der Waals surface area contributed by atoms with E-state index < -0.39 is 0 Å². The predicted octanol–water partition coefficient (Wildman–Crippen LogP) is 3.15.